The molecule has 11 heteroatoms. The third kappa shape index (κ3) is 4.83. The number of nitrogens with one attached hydrogen (secondary N) is 2. The van der Waals surface area contributed by atoms with Crippen molar-refractivity contribution in [2.75, 3.05) is 24.9 Å². The Labute approximate surface area is 223 Å². The van der Waals surface area contributed by atoms with Gasteiger partial charge in [0.15, 0.2) is 5.82 Å². The molecule has 4 aromatic rings. The van der Waals surface area contributed by atoms with Crippen molar-refractivity contribution in [3.8, 4) is 22.9 Å². The largest absolute Gasteiger partial charge is 0.497 e. The summed E-state index contributed by atoms with van der Waals surface area (Å²) in [7, 11) is 3.15. The van der Waals surface area contributed by atoms with Gasteiger partial charge >= 0.3 is 0 Å². The lowest BCUT2D eigenvalue weighted by atomic mass is 9.95. The van der Waals surface area contributed by atoms with Gasteiger partial charge in [0.05, 0.1) is 31.7 Å². The highest BCUT2D eigenvalue weighted by molar-refractivity contribution is 6.35. The van der Waals surface area contributed by atoms with E-state index < -0.39 is 6.04 Å². The van der Waals surface area contributed by atoms with Gasteiger partial charge in [-0.3, -0.25) is 9.78 Å². The van der Waals surface area contributed by atoms with Crippen LogP contribution in [0.25, 0.3) is 11.4 Å². The molecular formula is C26H22Cl2N6O3. The maximum absolute atomic E-state index is 13.6. The molecule has 0 fully saturated rings. The lowest BCUT2D eigenvalue weighted by molar-refractivity contribution is -0.113. The summed E-state index contributed by atoms with van der Waals surface area (Å²) < 4.78 is 12.5. The summed E-state index contributed by atoms with van der Waals surface area (Å²) >= 11 is 12.8. The van der Waals surface area contributed by atoms with Crippen molar-refractivity contribution in [1.82, 2.24) is 19.7 Å². The van der Waals surface area contributed by atoms with Gasteiger partial charge in [0, 0.05) is 39.1 Å². The highest BCUT2D eigenvalue weighted by atomic mass is 35.5. The van der Waals surface area contributed by atoms with Gasteiger partial charge in [-0.2, -0.15) is 4.98 Å². The second-order valence-corrected chi connectivity index (χ2v) is 9.08. The van der Waals surface area contributed by atoms with Crippen molar-refractivity contribution in [2.45, 2.75) is 13.0 Å². The average molecular weight is 537 g/mol. The predicted octanol–water partition coefficient (Wildman–Crippen LogP) is 5.59. The molecule has 0 bridgehead atoms. The molecule has 188 valence electrons. The fraction of sp³-hybridized carbons (Fsp3) is 0.154. The van der Waals surface area contributed by atoms with E-state index in [9.17, 15) is 4.79 Å². The second kappa shape index (κ2) is 10.1. The minimum Gasteiger partial charge on any atom is -0.497 e. The number of benzene rings is 2. The number of aromatic nitrogens is 4. The summed E-state index contributed by atoms with van der Waals surface area (Å²) in [5, 5.41) is 11.8. The summed E-state index contributed by atoms with van der Waals surface area (Å²) in [6, 6.07) is 13.3. The van der Waals surface area contributed by atoms with Crippen LogP contribution in [0.4, 0.5) is 11.6 Å². The molecule has 5 rings (SSSR count). The summed E-state index contributed by atoms with van der Waals surface area (Å²) in [6.45, 7) is 1.81. The lowest BCUT2D eigenvalue weighted by Crippen LogP contribution is -2.31. The molecular weight excluding hydrogens is 515 g/mol. The van der Waals surface area contributed by atoms with E-state index >= 15 is 0 Å². The van der Waals surface area contributed by atoms with Gasteiger partial charge in [-0.1, -0.05) is 29.3 Å². The number of nitrogens with zero attached hydrogens (tertiary/aromatic N) is 4. The number of rotatable bonds is 6. The smallest absolute Gasteiger partial charge is 0.255 e. The van der Waals surface area contributed by atoms with E-state index in [-0.39, 0.29) is 5.91 Å². The zero-order valence-electron chi connectivity index (χ0n) is 20.1. The number of carbonyl (C=O) groups is 1. The number of methoxy groups -OCH3 is 2. The Bertz CT molecular complexity index is 1500. The molecule has 2 aromatic carbocycles. The van der Waals surface area contributed by atoms with Crippen LogP contribution in [0.1, 0.15) is 18.5 Å². The maximum atomic E-state index is 13.6. The number of hydrogen-bond donors (Lipinski definition) is 2. The number of allylic oxidation sites excluding steroid dienone is 1. The topological polar surface area (TPSA) is 103 Å². The molecule has 2 aromatic heterocycles. The van der Waals surface area contributed by atoms with Gasteiger partial charge in [-0.25, -0.2) is 4.68 Å². The van der Waals surface area contributed by atoms with Crippen LogP contribution in [0.3, 0.4) is 0 Å². The van der Waals surface area contributed by atoms with Crippen LogP contribution in [0.15, 0.2) is 72.2 Å². The number of amides is 1. The first-order valence-electron chi connectivity index (χ1n) is 11.2. The molecule has 1 aliphatic heterocycles. The number of pyridine rings is 1. The Kier molecular flexibility index (Phi) is 6.73. The van der Waals surface area contributed by atoms with Crippen molar-refractivity contribution in [3.05, 3.63) is 87.8 Å². The SMILES string of the molecule is COc1cc(OC)cc(-c2nc3n(n2)C(c2ccc(Cl)cc2Cl)C(C(=O)Nc2cccnc2)=C(C)N3)c1. The number of ether oxygens (including phenoxy) is 2. The Balaban J connectivity index is 1.64. The second-order valence-electron chi connectivity index (χ2n) is 8.23. The highest BCUT2D eigenvalue weighted by Crippen LogP contribution is 2.40. The molecule has 1 unspecified atom stereocenters. The molecule has 0 radical (unpaired) electrons. The van der Waals surface area contributed by atoms with Crippen molar-refractivity contribution in [3.63, 3.8) is 0 Å². The molecule has 0 spiro atoms. The van der Waals surface area contributed by atoms with Crippen molar-refractivity contribution >= 4 is 40.7 Å². The van der Waals surface area contributed by atoms with Gasteiger partial charge in [-0.15, -0.1) is 5.10 Å². The Morgan fingerprint density at radius 2 is 1.84 bits per heavy atom. The minimum absolute atomic E-state index is 0.334. The van der Waals surface area contributed by atoms with Gasteiger partial charge < -0.3 is 20.1 Å². The number of halogens is 2. The summed E-state index contributed by atoms with van der Waals surface area (Å²) in [5.41, 5.74) is 2.90. The van der Waals surface area contributed by atoms with Crippen molar-refractivity contribution < 1.29 is 14.3 Å². The van der Waals surface area contributed by atoms with Gasteiger partial charge in [0.25, 0.3) is 5.91 Å². The van der Waals surface area contributed by atoms with Gasteiger partial charge in [0.1, 0.15) is 17.5 Å². The number of hydrogen-bond acceptors (Lipinski definition) is 7. The molecule has 9 nitrogen and oxygen atoms in total. The van der Waals surface area contributed by atoms with Crippen LogP contribution in [0.2, 0.25) is 10.0 Å². The standard InChI is InChI=1S/C26H22Cl2N6O3/c1-14-22(25(35)31-17-5-4-8-29-13-17)23(20-7-6-16(27)11-21(20)28)34-26(30-14)32-24(33-34)15-9-18(36-2)12-19(10-15)37-3/h4-13,23H,1-3H3,(H,31,35)(H,30,32,33). The van der Waals surface area contributed by atoms with Crippen LogP contribution in [-0.2, 0) is 4.79 Å². The molecule has 37 heavy (non-hydrogen) atoms. The van der Waals surface area contributed by atoms with Crippen LogP contribution >= 0.6 is 23.2 Å². The quantitative estimate of drug-likeness (QED) is 0.331. The number of fused-ring (bicyclic) bond motifs is 1. The highest BCUT2D eigenvalue weighted by Gasteiger charge is 2.35. The van der Waals surface area contributed by atoms with E-state index in [1.54, 1.807) is 74.6 Å². The van der Waals surface area contributed by atoms with E-state index in [0.717, 1.165) is 0 Å². The molecule has 1 atom stereocenters. The normalized spacial score (nSPS) is 14.6. The molecule has 2 N–H and O–H groups in total. The minimum atomic E-state index is -0.688. The first-order chi connectivity index (χ1) is 17.9. The van der Waals surface area contributed by atoms with Crippen LogP contribution < -0.4 is 20.1 Å². The molecule has 1 amide bonds. The number of anilines is 2. The molecule has 0 aliphatic carbocycles. The van der Waals surface area contributed by atoms with Gasteiger partial charge in [0.2, 0.25) is 5.95 Å². The van der Waals surface area contributed by atoms with E-state index in [4.69, 9.17) is 42.8 Å². The summed E-state index contributed by atoms with van der Waals surface area (Å²) in [4.78, 5) is 22.4. The Morgan fingerprint density at radius 3 is 2.49 bits per heavy atom. The first-order valence-corrected chi connectivity index (χ1v) is 12.0. The monoisotopic (exact) mass is 536 g/mol. The van der Waals surface area contributed by atoms with Crippen molar-refractivity contribution in [1.29, 1.82) is 0 Å². The third-order valence-electron chi connectivity index (χ3n) is 5.88. The molecule has 0 saturated carbocycles. The molecule has 3 heterocycles. The fourth-order valence-electron chi connectivity index (χ4n) is 4.15. The lowest BCUT2D eigenvalue weighted by Gasteiger charge is -2.29. The fourth-order valence-corrected chi connectivity index (χ4v) is 4.66. The van der Waals surface area contributed by atoms with Crippen LogP contribution in [-0.4, -0.2) is 39.9 Å². The number of carbonyl (C=O) groups excluding carboxylic acids is 1. The average Bonchev–Trinajstić information content (AvgIpc) is 3.32. The van der Waals surface area contributed by atoms with Crippen LogP contribution in [0.5, 0.6) is 11.5 Å². The van der Waals surface area contributed by atoms with Crippen molar-refractivity contribution in [2.24, 2.45) is 0 Å². The maximum Gasteiger partial charge on any atom is 0.255 e. The third-order valence-corrected chi connectivity index (χ3v) is 6.45. The Hall–Kier alpha value is -4.08. The summed E-state index contributed by atoms with van der Waals surface area (Å²) in [6.07, 6.45) is 3.21. The van der Waals surface area contributed by atoms with E-state index in [1.807, 2.05) is 12.1 Å². The Morgan fingerprint density at radius 1 is 1.08 bits per heavy atom. The zero-order valence-corrected chi connectivity index (χ0v) is 21.6. The first kappa shape index (κ1) is 24.6. The van der Waals surface area contributed by atoms with Gasteiger partial charge in [-0.05, 0) is 43.3 Å². The predicted molar refractivity (Wildman–Crippen MR) is 142 cm³/mol. The van der Waals surface area contributed by atoms with E-state index in [1.165, 1.54) is 0 Å². The van der Waals surface area contributed by atoms with E-state index in [0.29, 0.717) is 61.4 Å². The van der Waals surface area contributed by atoms with E-state index in [2.05, 4.69) is 15.6 Å². The summed E-state index contributed by atoms with van der Waals surface area (Å²) in [5.74, 6) is 1.72. The van der Waals surface area contributed by atoms with Crippen LogP contribution in [0, 0.1) is 0 Å². The molecule has 0 saturated heterocycles. The molecule has 1 aliphatic rings. The zero-order chi connectivity index (χ0) is 26.1.